The molecule has 3 aromatic carbocycles. The molecule has 4 N–H and O–H groups in total. The predicted octanol–water partition coefficient (Wildman–Crippen LogP) is -2.55. The molecule has 0 amide bonds. The van der Waals surface area contributed by atoms with E-state index in [-0.39, 0.29) is 74.2 Å². The van der Waals surface area contributed by atoms with Crippen molar-refractivity contribution in [3.05, 3.63) is 39.3 Å². The summed E-state index contributed by atoms with van der Waals surface area (Å²) < 4.78 is 65.4. The first-order valence-corrected chi connectivity index (χ1v) is 11.9. The van der Waals surface area contributed by atoms with Crippen molar-refractivity contribution in [2.75, 3.05) is 5.73 Å². The van der Waals surface area contributed by atoms with Crippen molar-refractivity contribution in [1.82, 2.24) is 0 Å². The molecule has 0 unspecified atom stereocenters. The molecule has 0 saturated carbocycles. The Morgan fingerprint density at radius 2 is 1.38 bits per heavy atom. The van der Waals surface area contributed by atoms with Crippen LogP contribution in [-0.2, 0) is 20.2 Å². The molecule has 0 fully saturated rings. The van der Waals surface area contributed by atoms with Crippen LogP contribution in [0.3, 0.4) is 0 Å². The first-order chi connectivity index (χ1) is 14.6. The number of hydrogen-bond donors (Lipinski definition) is 3. The van der Waals surface area contributed by atoms with Crippen molar-refractivity contribution in [2.45, 2.75) is 9.79 Å². The maximum absolute atomic E-state index is 12.9. The third kappa shape index (κ3) is 6.11. The second-order valence-electron chi connectivity index (χ2n) is 6.10. The van der Waals surface area contributed by atoms with E-state index in [2.05, 4.69) is 10.2 Å². The smallest absolute Gasteiger partial charge is 0.870 e. The van der Waals surface area contributed by atoms with E-state index in [0.717, 1.165) is 18.2 Å². The summed E-state index contributed by atoms with van der Waals surface area (Å²) in [5, 5.41) is 30.3. The van der Waals surface area contributed by atoms with Gasteiger partial charge in [0.1, 0.15) is 9.79 Å². The summed E-state index contributed by atoms with van der Waals surface area (Å²) in [7, 11) is -10.1. The molecular formula is C16H8Cl3N3Na2O8S2. The quantitative estimate of drug-likeness (QED) is 0.0965. The van der Waals surface area contributed by atoms with Gasteiger partial charge >= 0.3 is 59.1 Å². The van der Waals surface area contributed by atoms with E-state index in [0.29, 0.717) is 6.07 Å². The number of hydrogen-bond acceptors (Lipinski definition) is 9. The van der Waals surface area contributed by atoms with Gasteiger partial charge in [-0.25, -0.2) is 0 Å². The zero-order valence-corrected chi connectivity index (χ0v) is 25.0. The molecular weight excluding hydrogens is 579 g/mol. The Morgan fingerprint density at radius 3 is 1.91 bits per heavy atom. The molecule has 0 heterocycles. The molecule has 34 heavy (non-hydrogen) atoms. The molecule has 0 aliphatic rings. The summed E-state index contributed by atoms with van der Waals surface area (Å²) in [6.07, 6.45) is 0. The maximum Gasteiger partial charge on any atom is 1.00 e. The summed E-state index contributed by atoms with van der Waals surface area (Å²) in [4.78, 5) is -2.13. The molecule has 3 rings (SSSR count). The van der Waals surface area contributed by atoms with Gasteiger partial charge in [-0.2, -0.15) is 21.9 Å². The molecule has 0 spiro atoms. The first kappa shape index (κ1) is 31.6. The van der Waals surface area contributed by atoms with Gasteiger partial charge in [-0.1, -0.05) is 52.4 Å². The molecule has 0 saturated heterocycles. The zero-order chi connectivity index (χ0) is 24.2. The van der Waals surface area contributed by atoms with E-state index >= 15 is 0 Å². The van der Waals surface area contributed by atoms with Crippen LogP contribution in [0.15, 0.2) is 44.3 Å². The largest absolute Gasteiger partial charge is 1.00 e. The standard InChI is InChI=1S/C16H10Cl3N3O8S2.2Na/c17-6-3-7(18)15(23)14(12(6)19)22-21-8-2-1-5-9(31(25,26)27)4-10(32(28,29)30)13(20)11(5)16(8)24;;/h1-4,23-24H,20H2,(H,25,26,27)(H,28,29,30);;/q;2*+1/p-2. The molecule has 170 valence electrons. The van der Waals surface area contributed by atoms with Crippen molar-refractivity contribution in [3.8, 4) is 11.5 Å². The van der Waals surface area contributed by atoms with E-state index in [9.17, 15) is 36.2 Å². The van der Waals surface area contributed by atoms with Crippen LogP contribution >= 0.6 is 34.8 Å². The third-order valence-corrected chi connectivity index (χ3v) is 6.96. The SMILES string of the molecule is Nc1c(S(=O)(=O)O)cc(S(=O)(=O)O)c2ccc(N=Nc3c([O-])c(Cl)cc(Cl)c3Cl)c([O-])c12.[Na+].[Na+]. The normalized spacial score (nSPS) is 11.9. The second-order valence-corrected chi connectivity index (χ2v) is 10.1. The van der Waals surface area contributed by atoms with Crippen LogP contribution in [0, 0.1) is 0 Å². The van der Waals surface area contributed by atoms with Gasteiger partial charge in [0.25, 0.3) is 20.2 Å². The van der Waals surface area contributed by atoms with E-state index in [1.54, 1.807) is 0 Å². The van der Waals surface area contributed by atoms with Crippen LogP contribution in [0.25, 0.3) is 10.8 Å². The number of nitrogens with two attached hydrogens (primary N) is 1. The van der Waals surface area contributed by atoms with Gasteiger partial charge < -0.3 is 15.9 Å². The van der Waals surface area contributed by atoms with E-state index in [1.165, 1.54) is 0 Å². The van der Waals surface area contributed by atoms with Crippen LogP contribution in [0.4, 0.5) is 17.1 Å². The summed E-state index contributed by atoms with van der Waals surface area (Å²) in [6, 6.07) is 3.44. The molecule has 0 radical (unpaired) electrons. The molecule has 11 nitrogen and oxygen atoms in total. The van der Waals surface area contributed by atoms with Crippen LogP contribution < -0.4 is 75.1 Å². The van der Waals surface area contributed by atoms with Crippen molar-refractivity contribution in [1.29, 1.82) is 0 Å². The number of anilines is 1. The van der Waals surface area contributed by atoms with Crippen LogP contribution in [-0.4, -0.2) is 25.9 Å². The summed E-state index contributed by atoms with van der Waals surface area (Å²) in [5.74, 6) is -1.98. The van der Waals surface area contributed by atoms with Gasteiger partial charge in [0.15, 0.2) is 0 Å². The van der Waals surface area contributed by atoms with Crippen molar-refractivity contribution < 1.29 is 95.3 Å². The third-order valence-electron chi connectivity index (χ3n) is 4.12. The zero-order valence-electron chi connectivity index (χ0n) is 17.1. The van der Waals surface area contributed by atoms with Gasteiger partial charge in [-0.05, 0) is 18.2 Å². The molecule has 0 atom stereocenters. The number of rotatable bonds is 4. The summed E-state index contributed by atoms with van der Waals surface area (Å²) in [6.45, 7) is 0. The summed E-state index contributed by atoms with van der Waals surface area (Å²) >= 11 is 17.5. The van der Waals surface area contributed by atoms with E-state index in [4.69, 9.17) is 40.5 Å². The fraction of sp³-hybridized carbons (Fsp3) is 0. The van der Waals surface area contributed by atoms with Gasteiger partial charge in [0.05, 0.1) is 27.1 Å². The fourth-order valence-corrected chi connectivity index (χ4v) is 4.77. The van der Waals surface area contributed by atoms with E-state index in [1.807, 2.05) is 0 Å². The number of halogens is 3. The number of benzene rings is 3. The van der Waals surface area contributed by atoms with Crippen molar-refractivity contribution in [2.24, 2.45) is 10.2 Å². The van der Waals surface area contributed by atoms with Gasteiger partial charge in [0, 0.05) is 15.8 Å². The minimum Gasteiger partial charge on any atom is -0.870 e. The van der Waals surface area contributed by atoms with Crippen molar-refractivity contribution >= 4 is 82.9 Å². The Bertz CT molecular complexity index is 1530. The molecule has 0 aliphatic carbocycles. The van der Waals surface area contributed by atoms with Gasteiger partial charge in [-0.3, -0.25) is 9.11 Å². The Hall–Kier alpha value is -0.390. The Balaban J connectivity index is 0.00000289. The summed E-state index contributed by atoms with van der Waals surface area (Å²) in [5.41, 5.74) is 3.87. The average molecular weight is 587 g/mol. The topological polar surface area (TPSA) is 206 Å². The monoisotopic (exact) mass is 585 g/mol. The molecule has 0 aromatic heterocycles. The fourth-order valence-electron chi connectivity index (χ4n) is 2.71. The van der Waals surface area contributed by atoms with Crippen LogP contribution in [0.2, 0.25) is 15.1 Å². The Kier molecular flexibility index (Phi) is 10.6. The van der Waals surface area contributed by atoms with Crippen molar-refractivity contribution in [3.63, 3.8) is 0 Å². The second kappa shape index (κ2) is 11.3. The maximum atomic E-state index is 12.9. The number of azo groups is 1. The van der Waals surface area contributed by atoms with Crippen LogP contribution in [0.5, 0.6) is 11.5 Å². The average Bonchev–Trinajstić information content (AvgIpc) is 2.66. The number of nitrogen functional groups attached to an aromatic ring is 1. The number of fused-ring (bicyclic) bond motifs is 1. The molecule has 3 aromatic rings. The molecule has 0 aliphatic heterocycles. The molecule has 0 bridgehead atoms. The molecule has 18 heteroatoms. The minimum absolute atomic E-state index is 0. The Labute approximate surface area is 252 Å². The Morgan fingerprint density at radius 1 is 0.824 bits per heavy atom. The van der Waals surface area contributed by atoms with Gasteiger partial charge in [0.2, 0.25) is 0 Å². The van der Waals surface area contributed by atoms with Gasteiger partial charge in [-0.15, -0.1) is 5.11 Å². The first-order valence-electron chi connectivity index (χ1n) is 7.92. The predicted molar refractivity (Wildman–Crippen MR) is 113 cm³/mol. The van der Waals surface area contributed by atoms with E-state index < -0.39 is 69.4 Å². The minimum atomic E-state index is -5.09. The van der Waals surface area contributed by atoms with Crippen LogP contribution in [0.1, 0.15) is 0 Å². The number of nitrogens with zero attached hydrogens (tertiary/aromatic N) is 2.